The molecule has 0 saturated carbocycles. The number of fused-ring (bicyclic) bond motifs is 1. The molecule has 34 heavy (non-hydrogen) atoms. The van der Waals surface area contributed by atoms with E-state index in [1.165, 1.54) is 38.5 Å². The fraction of sp³-hybridized carbons (Fsp3) is 0.304. The van der Waals surface area contributed by atoms with Crippen molar-refractivity contribution in [2.24, 2.45) is 10.3 Å². The lowest BCUT2D eigenvalue weighted by Gasteiger charge is -2.33. The van der Waals surface area contributed by atoms with Crippen molar-refractivity contribution >= 4 is 39.4 Å². The topological polar surface area (TPSA) is 131 Å². The number of amidine groups is 1. The van der Waals surface area contributed by atoms with Gasteiger partial charge in [-0.2, -0.15) is 8.42 Å². The van der Waals surface area contributed by atoms with E-state index in [9.17, 15) is 22.8 Å². The van der Waals surface area contributed by atoms with Crippen molar-refractivity contribution in [3.05, 3.63) is 59.2 Å². The molecule has 2 aliphatic rings. The van der Waals surface area contributed by atoms with Crippen LogP contribution in [0.4, 0.5) is 5.69 Å². The molecule has 178 valence electrons. The Morgan fingerprint density at radius 1 is 1.03 bits per heavy atom. The number of methoxy groups -OCH3 is 2. The summed E-state index contributed by atoms with van der Waals surface area (Å²) in [5.41, 5.74) is 0.954. The number of piperidine rings is 1. The lowest BCUT2D eigenvalue weighted by atomic mass is 9.96. The monoisotopic (exact) mass is 485 g/mol. The average Bonchev–Trinajstić information content (AvgIpc) is 3.13. The number of carbonyl (C=O) groups is 3. The maximum atomic E-state index is 13.1. The third-order valence-corrected chi connectivity index (χ3v) is 7.07. The minimum Gasteiger partial charge on any atom is -0.465 e. The Hall–Kier alpha value is -3.73. The largest absolute Gasteiger partial charge is 0.465 e. The van der Waals surface area contributed by atoms with E-state index in [2.05, 4.69) is 9.71 Å². The second-order valence-corrected chi connectivity index (χ2v) is 9.52. The van der Waals surface area contributed by atoms with Crippen LogP contribution < -0.4 is 5.32 Å². The zero-order chi connectivity index (χ0) is 24.5. The van der Waals surface area contributed by atoms with E-state index < -0.39 is 27.9 Å². The number of benzene rings is 2. The van der Waals surface area contributed by atoms with Crippen molar-refractivity contribution < 1.29 is 32.3 Å². The summed E-state index contributed by atoms with van der Waals surface area (Å²) >= 11 is 0. The molecule has 0 aromatic heterocycles. The van der Waals surface area contributed by atoms with Crippen molar-refractivity contribution in [3.63, 3.8) is 0 Å². The Morgan fingerprint density at radius 2 is 1.68 bits per heavy atom. The molecule has 2 aliphatic heterocycles. The average molecular weight is 486 g/mol. The van der Waals surface area contributed by atoms with Crippen LogP contribution in [-0.4, -0.2) is 64.3 Å². The van der Waals surface area contributed by atoms with Gasteiger partial charge in [0.2, 0.25) is 5.91 Å². The molecular weight excluding hydrogens is 462 g/mol. The molecule has 11 heteroatoms. The second kappa shape index (κ2) is 9.26. The first-order chi connectivity index (χ1) is 16.2. The predicted molar refractivity (Wildman–Crippen MR) is 122 cm³/mol. The zero-order valence-electron chi connectivity index (χ0n) is 18.6. The molecule has 10 nitrogen and oxygen atoms in total. The molecule has 2 heterocycles. The van der Waals surface area contributed by atoms with Crippen LogP contribution in [0.2, 0.25) is 0 Å². The number of rotatable bonds is 4. The van der Waals surface area contributed by atoms with Gasteiger partial charge >= 0.3 is 11.9 Å². The summed E-state index contributed by atoms with van der Waals surface area (Å²) in [5.74, 6) is -1.77. The number of amides is 1. The predicted octanol–water partition coefficient (Wildman–Crippen LogP) is 2.06. The van der Waals surface area contributed by atoms with Crippen molar-refractivity contribution in [1.29, 1.82) is 0 Å². The van der Waals surface area contributed by atoms with Crippen molar-refractivity contribution in [1.82, 2.24) is 4.90 Å². The van der Waals surface area contributed by atoms with E-state index in [0.29, 0.717) is 30.8 Å². The summed E-state index contributed by atoms with van der Waals surface area (Å²) in [6.45, 7) is 0.839. The van der Waals surface area contributed by atoms with Gasteiger partial charge in [0.15, 0.2) is 5.84 Å². The molecule has 2 aromatic carbocycles. The molecule has 1 atom stereocenters. The minimum atomic E-state index is -3.76. The fourth-order valence-electron chi connectivity index (χ4n) is 4.12. The number of carbonyl (C=O) groups excluding carboxylic acids is 3. The van der Waals surface area contributed by atoms with Crippen LogP contribution in [0.15, 0.2) is 51.8 Å². The summed E-state index contributed by atoms with van der Waals surface area (Å²) in [6, 6.07) is 10.8. The first-order valence-electron chi connectivity index (χ1n) is 10.6. The molecule has 0 spiro atoms. The lowest BCUT2D eigenvalue weighted by molar-refractivity contribution is -0.121. The number of hydrogen-bond acceptors (Lipinski definition) is 8. The third kappa shape index (κ3) is 4.51. The number of hydrogen-bond donors (Lipinski definition) is 1. The Kier molecular flexibility index (Phi) is 6.38. The molecule has 2 aromatic rings. The van der Waals surface area contributed by atoms with E-state index >= 15 is 0 Å². The maximum Gasteiger partial charge on any atom is 0.337 e. The van der Waals surface area contributed by atoms with Crippen LogP contribution in [0.5, 0.6) is 0 Å². The van der Waals surface area contributed by atoms with Crippen LogP contribution in [-0.2, 0) is 24.3 Å². The highest BCUT2D eigenvalue weighted by molar-refractivity contribution is 7.90. The molecule has 1 amide bonds. The Morgan fingerprint density at radius 3 is 2.32 bits per heavy atom. The van der Waals surface area contributed by atoms with Gasteiger partial charge in [0.05, 0.1) is 31.3 Å². The zero-order valence-corrected chi connectivity index (χ0v) is 19.4. The van der Waals surface area contributed by atoms with Crippen LogP contribution in [0, 0.1) is 5.92 Å². The van der Waals surface area contributed by atoms with Gasteiger partial charge in [-0.3, -0.25) is 4.79 Å². The fourth-order valence-corrected chi connectivity index (χ4v) is 5.34. The van der Waals surface area contributed by atoms with Gasteiger partial charge in [0.25, 0.3) is 10.0 Å². The summed E-state index contributed by atoms with van der Waals surface area (Å²) in [5, 5.41) is 2.76. The normalized spacial score (nSPS) is 18.5. The summed E-state index contributed by atoms with van der Waals surface area (Å²) < 4.78 is 38.2. The second-order valence-electron chi connectivity index (χ2n) is 7.94. The van der Waals surface area contributed by atoms with E-state index in [1.54, 1.807) is 18.2 Å². The maximum absolute atomic E-state index is 13.1. The van der Waals surface area contributed by atoms with Gasteiger partial charge in [0.1, 0.15) is 4.90 Å². The van der Waals surface area contributed by atoms with Gasteiger partial charge < -0.3 is 19.7 Å². The Balaban J connectivity index is 1.55. The van der Waals surface area contributed by atoms with Crippen molar-refractivity contribution in [2.75, 3.05) is 32.6 Å². The van der Waals surface area contributed by atoms with Gasteiger partial charge in [-0.05, 0) is 43.2 Å². The van der Waals surface area contributed by atoms with Crippen LogP contribution in [0.3, 0.4) is 0 Å². The smallest absolute Gasteiger partial charge is 0.337 e. The van der Waals surface area contributed by atoms with Gasteiger partial charge in [-0.15, -0.1) is 4.40 Å². The highest BCUT2D eigenvalue weighted by Crippen LogP contribution is 2.30. The van der Waals surface area contributed by atoms with Gasteiger partial charge in [-0.25, -0.2) is 9.59 Å². The number of ether oxygens (including phenoxy) is 2. The first kappa shape index (κ1) is 23.4. The summed E-state index contributed by atoms with van der Waals surface area (Å²) in [4.78, 5) is 39.0. The van der Waals surface area contributed by atoms with E-state index in [-0.39, 0.29) is 34.2 Å². The summed E-state index contributed by atoms with van der Waals surface area (Å²) in [7, 11) is -1.33. The highest BCUT2D eigenvalue weighted by Gasteiger charge is 2.35. The Labute approximate surface area is 196 Å². The van der Waals surface area contributed by atoms with Gasteiger partial charge in [-0.1, -0.05) is 12.1 Å². The highest BCUT2D eigenvalue weighted by atomic mass is 32.2. The van der Waals surface area contributed by atoms with E-state index in [4.69, 9.17) is 9.47 Å². The van der Waals surface area contributed by atoms with Crippen molar-refractivity contribution in [3.8, 4) is 0 Å². The van der Waals surface area contributed by atoms with Crippen LogP contribution >= 0.6 is 0 Å². The molecule has 1 fully saturated rings. The molecule has 1 N–H and O–H groups in total. The van der Waals surface area contributed by atoms with Crippen molar-refractivity contribution in [2.45, 2.75) is 17.7 Å². The number of likely N-dealkylation sites (tertiary alicyclic amines) is 1. The molecule has 0 bridgehead atoms. The Bertz CT molecular complexity index is 1270. The first-order valence-corrected chi connectivity index (χ1v) is 12.0. The molecule has 0 aliphatic carbocycles. The number of nitrogens with one attached hydrogen (secondary N) is 1. The standard InChI is InChI=1S/C23H23N3O7S/c1-32-22(28)15-10-16(23(29)33-2)12-17(11-15)24-21(27)14-6-5-9-26(13-14)20-18-7-3-4-8-19(18)34(30,31)25-20/h3-4,7-8,10-12,14H,5-6,9,13H2,1-2H3,(H,24,27). The van der Waals surface area contributed by atoms with Crippen LogP contribution in [0.1, 0.15) is 39.1 Å². The molecule has 1 unspecified atom stereocenters. The lowest BCUT2D eigenvalue weighted by Crippen LogP contribution is -2.43. The number of sulfonamides is 1. The van der Waals surface area contributed by atoms with E-state index in [1.807, 2.05) is 4.90 Å². The number of esters is 2. The van der Waals surface area contributed by atoms with Crippen LogP contribution in [0.25, 0.3) is 0 Å². The number of nitrogens with zero attached hydrogens (tertiary/aromatic N) is 2. The quantitative estimate of drug-likeness (QED) is 0.651. The molecule has 4 rings (SSSR count). The SMILES string of the molecule is COC(=O)c1cc(NC(=O)C2CCCN(C3=NS(=O)(=O)c4ccccc43)C2)cc(C(=O)OC)c1. The molecular formula is C23H23N3O7S. The van der Waals surface area contributed by atoms with E-state index in [0.717, 1.165) is 0 Å². The molecule has 1 saturated heterocycles. The molecule has 0 radical (unpaired) electrons. The van der Waals surface area contributed by atoms with Gasteiger partial charge in [0, 0.05) is 24.3 Å². The summed E-state index contributed by atoms with van der Waals surface area (Å²) in [6.07, 6.45) is 1.25. The minimum absolute atomic E-state index is 0.0908. The number of anilines is 1. The third-order valence-electron chi connectivity index (χ3n) is 5.75.